The predicted molar refractivity (Wildman–Crippen MR) is 107 cm³/mol. The van der Waals surface area contributed by atoms with Crippen molar-refractivity contribution < 1.29 is 9.53 Å². The Hall–Kier alpha value is -3.16. The Morgan fingerprint density at radius 1 is 1.11 bits per heavy atom. The Balaban J connectivity index is 1.55. The van der Waals surface area contributed by atoms with Crippen LogP contribution < -0.4 is 9.64 Å². The number of aromatic nitrogens is 4. The van der Waals surface area contributed by atoms with Crippen LogP contribution in [-0.4, -0.2) is 63.8 Å². The van der Waals surface area contributed by atoms with E-state index in [0.29, 0.717) is 37.5 Å². The molecule has 2 aromatic heterocycles. The Morgan fingerprint density at radius 2 is 1.86 bits per heavy atom. The molecule has 28 heavy (non-hydrogen) atoms. The molecule has 0 radical (unpaired) electrons. The van der Waals surface area contributed by atoms with E-state index in [4.69, 9.17) is 4.74 Å². The van der Waals surface area contributed by atoms with Crippen LogP contribution in [0.1, 0.15) is 21.9 Å². The number of hydrogen-bond donors (Lipinski definition) is 0. The van der Waals surface area contributed by atoms with E-state index >= 15 is 0 Å². The molecule has 3 heterocycles. The van der Waals surface area contributed by atoms with Crippen LogP contribution in [0.25, 0.3) is 11.0 Å². The largest absolute Gasteiger partial charge is 0.497 e. The van der Waals surface area contributed by atoms with Crippen molar-refractivity contribution in [3.05, 3.63) is 41.3 Å². The summed E-state index contributed by atoms with van der Waals surface area (Å²) in [6.45, 7) is 6.56. The third-order valence-corrected chi connectivity index (χ3v) is 5.13. The monoisotopic (exact) mass is 380 g/mol. The Bertz CT molecular complexity index is 1040. The quantitative estimate of drug-likeness (QED) is 0.691. The van der Waals surface area contributed by atoms with Crippen LogP contribution in [0.4, 0.5) is 5.82 Å². The van der Waals surface area contributed by atoms with Crippen molar-refractivity contribution in [3.8, 4) is 5.75 Å². The Morgan fingerprint density at radius 3 is 2.57 bits per heavy atom. The number of benzene rings is 1. The van der Waals surface area contributed by atoms with Crippen LogP contribution in [0, 0.1) is 13.8 Å². The Kier molecular flexibility index (Phi) is 4.62. The molecule has 0 saturated carbocycles. The van der Waals surface area contributed by atoms with Crippen molar-refractivity contribution in [2.45, 2.75) is 13.8 Å². The molecule has 1 amide bonds. The molecule has 0 aliphatic carbocycles. The van der Waals surface area contributed by atoms with Crippen molar-refractivity contribution >= 4 is 22.8 Å². The Labute approximate surface area is 163 Å². The van der Waals surface area contributed by atoms with Gasteiger partial charge in [0, 0.05) is 38.8 Å². The van der Waals surface area contributed by atoms with Crippen LogP contribution in [0.15, 0.2) is 24.3 Å². The van der Waals surface area contributed by atoms with Gasteiger partial charge in [0.1, 0.15) is 22.6 Å². The number of hydrogen-bond acceptors (Lipinski definition) is 6. The summed E-state index contributed by atoms with van der Waals surface area (Å²) < 4.78 is 7.07. The molecule has 4 rings (SSSR count). The summed E-state index contributed by atoms with van der Waals surface area (Å²) in [7, 11) is 3.52. The van der Waals surface area contributed by atoms with E-state index in [-0.39, 0.29) is 5.91 Å². The second kappa shape index (κ2) is 7.10. The fourth-order valence-electron chi connectivity index (χ4n) is 3.70. The van der Waals surface area contributed by atoms with Crippen molar-refractivity contribution in [1.29, 1.82) is 0 Å². The minimum atomic E-state index is 0.0268. The van der Waals surface area contributed by atoms with Gasteiger partial charge >= 0.3 is 0 Å². The van der Waals surface area contributed by atoms with E-state index < -0.39 is 0 Å². The summed E-state index contributed by atoms with van der Waals surface area (Å²) in [5, 5.41) is 4.50. The molecule has 1 aliphatic rings. The third-order valence-electron chi connectivity index (χ3n) is 5.13. The number of rotatable bonds is 3. The molecule has 0 spiro atoms. The summed E-state index contributed by atoms with van der Waals surface area (Å²) >= 11 is 0. The molecule has 0 bridgehead atoms. The maximum Gasteiger partial charge on any atom is 0.254 e. The number of amides is 1. The zero-order chi connectivity index (χ0) is 19.8. The zero-order valence-electron chi connectivity index (χ0n) is 16.6. The minimum absolute atomic E-state index is 0.0268. The number of fused-ring (bicyclic) bond motifs is 1. The predicted octanol–water partition coefficient (Wildman–Crippen LogP) is 1.95. The van der Waals surface area contributed by atoms with Crippen molar-refractivity contribution in [1.82, 2.24) is 24.6 Å². The van der Waals surface area contributed by atoms with Crippen LogP contribution in [0.5, 0.6) is 5.75 Å². The van der Waals surface area contributed by atoms with E-state index in [1.165, 1.54) is 0 Å². The third kappa shape index (κ3) is 3.15. The van der Waals surface area contributed by atoms with E-state index in [9.17, 15) is 4.79 Å². The summed E-state index contributed by atoms with van der Waals surface area (Å²) in [4.78, 5) is 26.2. The van der Waals surface area contributed by atoms with Gasteiger partial charge in [-0.15, -0.1) is 0 Å². The van der Waals surface area contributed by atoms with Gasteiger partial charge in [-0.2, -0.15) is 5.10 Å². The molecular formula is C20H24N6O2. The molecule has 8 heteroatoms. The lowest BCUT2D eigenvalue weighted by molar-refractivity contribution is 0.0746. The highest BCUT2D eigenvalue weighted by Crippen LogP contribution is 2.26. The van der Waals surface area contributed by atoms with Gasteiger partial charge in [-0.3, -0.25) is 9.48 Å². The molecule has 0 unspecified atom stereocenters. The fourth-order valence-corrected chi connectivity index (χ4v) is 3.70. The molecule has 3 aromatic rings. The fraction of sp³-hybridized carbons (Fsp3) is 0.400. The first kappa shape index (κ1) is 18.2. The highest BCUT2D eigenvalue weighted by Gasteiger charge is 2.26. The van der Waals surface area contributed by atoms with Crippen LogP contribution in [0.3, 0.4) is 0 Å². The van der Waals surface area contributed by atoms with Crippen LogP contribution in [0.2, 0.25) is 0 Å². The second-order valence-electron chi connectivity index (χ2n) is 7.01. The average molecular weight is 380 g/mol. The smallest absolute Gasteiger partial charge is 0.254 e. The van der Waals surface area contributed by atoms with E-state index in [2.05, 4.69) is 20.0 Å². The van der Waals surface area contributed by atoms with Crippen molar-refractivity contribution in [2.75, 3.05) is 38.2 Å². The van der Waals surface area contributed by atoms with E-state index in [0.717, 1.165) is 28.4 Å². The number of carbonyl (C=O) groups excluding carboxylic acids is 1. The number of piperazine rings is 1. The normalized spacial score (nSPS) is 14.6. The van der Waals surface area contributed by atoms with Gasteiger partial charge < -0.3 is 14.5 Å². The van der Waals surface area contributed by atoms with Gasteiger partial charge in [0.25, 0.3) is 5.91 Å². The number of ether oxygens (including phenoxy) is 1. The van der Waals surface area contributed by atoms with Gasteiger partial charge in [0.2, 0.25) is 0 Å². The first-order chi connectivity index (χ1) is 13.5. The minimum Gasteiger partial charge on any atom is -0.497 e. The van der Waals surface area contributed by atoms with E-state index in [1.54, 1.807) is 13.2 Å². The van der Waals surface area contributed by atoms with Gasteiger partial charge in [-0.25, -0.2) is 9.97 Å². The average Bonchev–Trinajstić information content (AvgIpc) is 3.00. The molecule has 0 atom stereocenters. The molecule has 0 N–H and O–H groups in total. The summed E-state index contributed by atoms with van der Waals surface area (Å²) in [5.74, 6) is 2.33. The lowest BCUT2D eigenvalue weighted by Gasteiger charge is -2.35. The lowest BCUT2D eigenvalue weighted by atomic mass is 10.1. The van der Waals surface area contributed by atoms with Gasteiger partial charge in [-0.1, -0.05) is 6.07 Å². The summed E-state index contributed by atoms with van der Waals surface area (Å²) in [6, 6.07) is 7.29. The second-order valence-corrected chi connectivity index (χ2v) is 7.01. The first-order valence-electron chi connectivity index (χ1n) is 9.34. The number of carbonyl (C=O) groups is 1. The number of nitrogens with zero attached hydrogens (tertiary/aromatic N) is 6. The topological polar surface area (TPSA) is 76.4 Å². The summed E-state index contributed by atoms with van der Waals surface area (Å²) in [6.07, 6.45) is 0. The van der Waals surface area contributed by atoms with Gasteiger partial charge in [-0.05, 0) is 32.0 Å². The number of methoxy groups -OCH3 is 1. The molecule has 8 nitrogen and oxygen atoms in total. The standard InChI is InChI=1S/C20H24N6O2/c1-13-17-18(24(3)23-13)19(22-14(2)21-17)25-8-10-26(11-9-25)20(27)15-6-5-7-16(12-15)28-4/h5-7,12H,8-11H2,1-4H3. The van der Waals surface area contributed by atoms with Crippen molar-refractivity contribution in [3.63, 3.8) is 0 Å². The van der Waals surface area contributed by atoms with Crippen LogP contribution >= 0.6 is 0 Å². The first-order valence-corrected chi connectivity index (χ1v) is 9.34. The lowest BCUT2D eigenvalue weighted by Crippen LogP contribution is -2.49. The molecule has 1 saturated heterocycles. The van der Waals surface area contributed by atoms with Crippen LogP contribution in [-0.2, 0) is 7.05 Å². The number of aryl methyl sites for hydroxylation is 3. The SMILES string of the molecule is COc1cccc(C(=O)N2CCN(c3nc(C)nc4c(C)nn(C)c34)CC2)c1. The summed E-state index contributed by atoms with van der Waals surface area (Å²) in [5.41, 5.74) is 3.38. The maximum atomic E-state index is 12.8. The van der Waals surface area contributed by atoms with Gasteiger partial charge in [0.15, 0.2) is 5.82 Å². The highest BCUT2D eigenvalue weighted by atomic mass is 16.5. The maximum absolute atomic E-state index is 12.8. The molecular weight excluding hydrogens is 356 g/mol. The molecule has 146 valence electrons. The van der Waals surface area contributed by atoms with Crippen molar-refractivity contribution in [2.24, 2.45) is 7.05 Å². The zero-order valence-corrected chi connectivity index (χ0v) is 16.6. The highest BCUT2D eigenvalue weighted by molar-refractivity contribution is 5.95. The van der Waals surface area contributed by atoms with Gasteiger partial charge in [0.05, 0.1) is 12.8 Å². The van der Waals surface area contributed by atoms with E-state index in [1.807, 2.05) is 48.7 Å². The number of anilines is 1. The molecule has 1 fully saturated rings. The molecule has 1 aliphatic heterocycles. The molecule has 1 aromatic carbocycles.